The Morgan fingerprint density at radius 3 is 2.65 bits per heavy atom. The molecule has 1 fully saturated rings. The van der Waals surface area contributed by atoms with Crippen molar-refractivity contribution in [3.05, 3.63) is 30.3 Å². The van der Waals surface area contributed by atoms with Crippen LogP contribution in [0.25, 0.3) is 0 Å². The summed E-state index contributed by atoms with van der Waals surface area (Å²) < 4.78 is 1.45. The van der Waals surface area contributed by atoms with Gasteiger partial charge in [-0.1, -0.05) is 0 Å². The zero-order valence-electron chi connectivity index (χ0n) is 12.5. The molecule has 1 amide bonds. The predicted octanol–water partition coefficient (Wildman–Crippen LogP) is 2.86. The molecule has 1 heterocycles. The average molecular weight is 338 g/mol. The summed E-state index contributed by atoms with van der Waals surface area (Å²) in [6, 6.07) is 11.2. The van der Waals surface area contributed by atoms with E-state index in [0.29, 0.717) is 26.9 Å². The molecule has 3 heteroatoms. The topological polar surface area (TPSA) is 20.3 Å². The third-order valence-electron chi connectivity index (χ3n) is 4.06. The number of carbonyl (C=O) groups excluding carboxylic acids is 1. The number of rotatable bonds is 7. The van der Waals surface area contributed by atoms with E-state index in [-0.39, 0.29) is 5.92 Å². The Balaban J connectivity index is 1.95. The third-order valence-corrected chi connectivity index (χ3v) is 6.49. The van der Waals surface area contributed by atoms with Crippen LogP contribution in [0.3, 0.4) is 0 Å². The summed E-state index contributed by atoms with van der Waals surface area (Å²) in [5, 5.41) is 1.17. The molecule has 0 N–H and O–H groups in total. The van der Waals surface area contributed by atoms with Gasteiger partial charge in [-0.3, -0.25) is 0 Å². The van der Waals surface area contributed by atoms with Crippen LogP contribution >= 0.6 is 0 Å². The van der Waals surface area contributed by atoms with Crippen molar-refractivity contribution in [2.75, 3.05) is 6.54 Å². The monoisotopic (exact) mass is 339 g/mol. The van der Waals surface area contributed by atoms with E-state index in [4.69, 9.17) is 0 Å². The van der Waals surface area contributed by atoms with E-state index in [9.17, 15) is 4.79 Å². The zero-order valence-corrected chi connectivity index (χ0v) is 14.3. The molecule has 1 aromatic carbocycles. The summed E-state index contributed by atoms with van der Waals surface area (Å²) in [6.45, 7) is 5.30. The van der Waals surface area contributed by atoms with Gasteiger partial charge in [-0.25, -0.2) is 0 Å². The van der Waals surface area contributed by atoms with Gasteiger partial charge in [0.1, 0.15) is 0 Å². The third kappa shape index (κ3) is 3.86. The Labute approximate surface area is 129 Å². The molecule has 1 aliphatic rings. The van der Waals surface area contributed by atoms with E-state index in [1.807, 2.05) is 0 Å². The second-order valence-electron chi connectivity index (χ2n) is 5.50. The van der Waals surface area contributed by atoms with Crippen molar-refractivity contribution in [1.29, 1.82) is 0 Å². The second kappa shape index (κ2) is 7.85. The predicted molar refractivity (Wildman–Crippen MR) is 85.4 cm³/mol. The van der Waals surface area contributed by atoms with E-state index in [2.05, 4.69) is 49.1 Å². The molecule has 110 valence electrons. The molecule has 1 aromatic rings. The van der Waals surface area contributed by atoms with Crippen LogP contribution in [0.15, 0.2) is 30.3 Å². The maximum absolute atomic E-state index is 12.4. The van der Waals surface area contributed by atoms with Crippen LogP contribution in [0.2, 0.25) is 5.32 Å². The van der Waals surface area contributed by atoms with Crippen molar-refractivity contribution < 1.29 is 4.79 Å². The molecule has 0 spiro atoms. The van der Waals surface area contributed by atoms with Crippen LogP contribution in [0.1, 0.15) is 39.5 Å². The van der Waals surface area contributed by atoms with Gasteiger partial charge in [0.25, 0.3) is 0 Å². The number of hydrogen-bond acceptors (Lipinski definition) is 1. The average Bonchev–Trinajstić information content (AvgIpc) is 2.79. The molecule has 2 nitrogen and oxygen atoms in total. The van der Waals surface area contributed by atoms with Gasteiger partial charge < -0.3 is 0 Å². The van der Waals surface area contributed by atoms with E-state index >= 15 is 0 Å². The number of benzene rings is 1. The van der Waals surface area contributed by atoms with E-state index < -0.39 is 0 Å². The standard InChI is InChI=1S/C17H25NOSe/c1-3-5-11-18-15(12-14(4-2)17(18)19)13-20-16-9-7-6-8-10-16/h6-10,14-15H,3-5,11-13H2,1-2H3/t14-,15-/m0/s1. The Morgan fingerprint density at radius 2 is 2.00 bits per heavy atom. The van der Waals surface area contributed by atoms with Crippen molar-refractivity contribution in [2.45, 2.75) is 50.9 Å². The fourth-order valence-corrected chi connectivity index (χ4v) is 5.00. The molecule has 0 aromatic heterocycles. The minimum absolute atomic E-state index is 0.281. The first-order valence-corrected chi connectivity index (χ1v) is 9.81. The Morgan fingerprint density at radius 1 is 1.25 bits per heavy atom. The molecule has 1 saturated heterocycles. The molecular weight excluding hydrogens is 313 g/mol. The molecule has 0 radical (unpaired) electrons. The minimum atomic E-state index is 0.281. The molecule has 0 unspecified atom stereocenters. The number of unbranched alkanes of at least 4 members (excludes halogenated alkanes) is 1. The molecular formula is C17H25NOSe. The molecule has 20 heavy (non-hydrogen) atoms. The zero-order chi connectivity index (χ0) is 14.4. The van der Waals surface area contributed by atoms with Crippen molar-refractivity contribution in [3.8, 4) is 0 Å². The first-order chi connectivity index (χ1) is 9.76. The van der Waals surface area contributed by atoms with Gasteiger partial charge in [-0.15, -0.1) is 0 Å². The summed E-state index contributed by atoms with van der Waals surface area (Å²) in [4.78, 5) is 14.6. The van der Waals surface area contributed by atoms with Gasteiger partial charge in [0.15, 0.2) is 0 Å². The second-order valence-corrected chi connectivity index (χ2v) is 7.80. The summed E-state index contributed by atoms with van der Waals surface area (Å²) in [7, 11) is 0. The first-order valence-electron chi connectivity index (χ1n) is 7.74. The van der Waals surface area contributed by atoms with Crippen molar-refractivity contribution >= 4 is 25.3 Å². The van der Waals surface area contributed by atoms with Crippen molar-refractivity contribution in [2.24, 2.45) is 5.92 Å². The van der Waals surface area contributed by atoms with Crippen LogP contribution in [-0.4, -0.2) is 38.4 Å². The van der Waals surface area contributed by atoms with Crippen LogP contribution in [0.5, 0.6) is 0 Å². The van der Waals surface area contributed by atoms with Gasteiger partial charge in [0.05, 0.1) is 0 Å². The summed E-state index contributed by atoms with van der Waals surface area (Å²) >= 11 is 0.485. The van der Waals surface area contributed by atoms with Crippen LogP contribution in [0, 0.1) is 5.92 Å². The van der Waals surface area contributed by atoms with Gasteiger partial charge in [0.2, 0.25) is 0 Å². The number of nitrogens with zero attached hydrogens (tertiary/aromatic N) is 1. The summed E-state index contributed by atoms with van der Waals surface area (Å²) in [5.74, 6) is 0.693. The first kappa shape index (κ1) is 15.6. The Bertz CT molecular complexity index is 420. The SMILES string of the molecule is CCCCN1C(=O)[C@@H](CC)C[C@H]1C[Se]c1ccccc1. The Hall–Kier alpha value is -0.791. The summed E-state index contributed by atoms with van der Waals surface area (Å²) in [6.07, 6.45) is 4.37. The number of amides is 1. The maximum atomic E-state index is 12.4. The van der Waals surface area contributed by atoms with Gasteiger partial charge in [0, 0.05) is 0 Å². The van der Waals surface area contributed by atoms with Gasteiger partial charge >= 0.3 is 129 Å². The fourth-order valence-electron chi connectivity index (χ4n) is 2.80. The van der Waals surface area contributed by atoms with Crippen molar-refractivity contribution in [1.82, 2.24) is 4.90 Å². The molecule has 0 saturated carbocycles. The normalized spacial score (nSPS) is 22.5. The van der Waals surface area contributed by atoms with Crippen LogP contribution < -0.4 is 4.46 Å². The molecule has 0 aliphatic carbocycles. The number of hydrogen-bond donors (Lipinski definition) is 0. The molecule has 0 bridgehead atoms. The van der Waals surface area contributed by atoms with E-state index in [1.54, 1.807) is 0 Å². The molecule has 1 aliphatic heterocycles. The fraction of sp³-hybridized carbons (Fsp3) is 0.588. The van der Waals surface area contributed by atoms with Crippen LogP contribution in [-0.2, 0) is 4.79 Å². The molecule has 2 atom stereocenters. The Kier molecular flexibility index (Phi) is 6.12. The van der Waals surface area contributed by atoms with Gasteiger partial charge in [-0.2, -0.15) is 0 Å². The number of carbonyl (C=O) groups is 1. The number of likely N-dealkylation sites (tertiary alicyclic amines) is 1. The van der Waals surface area contributed by atoms with E-state index in [1.165, 1.54) is 9.78 Å². The van der Waals surface area contributed by atoms with Crippen LogP contribution in [0.4, 0.5) is 0 Å². The van der Waals surface area contributed by atoms with E-state index in [0.717, 1.165) is 32.2 Å². The summed E-state index contributed by atoms with van der Waals surface area (Å²) in [5.41, 5.74) is 0. The van der Waals surface area contributed by atoms with Crippen molar-refractivity contribution in [3.63, 3.8) is 0 Å². The van der Waals surface area contributed by atoms with Gasteiger partial charge in [-0.05, 0) is 0 Å². The molecule has 2 rings (SSSR count). The quantitative estimate of drug-likeness (QED) is 0.700.